The Bertz CT molecular complexity index is 324. The molecule has 2 aromatic rings. The lowest BCUT2D eigenvalue weighted by atomic mass is 10.5. The predicted molar refractivity (Wildman–Crippen MR) is 52.6 cm³/mol. The fourth-order valence-electron chi connectivity index (χ4n) is 0.934. The van der Waals surface area contributed by atoms with Crippen LogP contribution < -0.4 is 0 Å². The Morgan fingerprint density at radius 3 is 2.46 bits per heavy atom. The molecule has 2 rings (SSSR count). The summed E-state index contributed by atoms with van der Waals surface area (Å²) in [7, 11) is 0. The van der Waals surface area contributed by atoms with Crippen molar-refractivity contribution in [3.05, 3.63) is 48.9 Å². The third kappa shape index (κ3) is 2.29. The zero-order chi connectivity index (χ0) is 8.93. The van der Waals surface area contributed by atoms with Crippen molar-refractivity contribution in [3.63, 3.8) is 0 Å². The Labute approximate surface area is 81.1 Å². The van der Waals surface area contributed by atoms with E-state index in [1.165, 1.54) is 0 Å². The van der Waals surface area contributed by atoms with E-state index in [1.54, 1.807) is 30.4 Å². The van der Waals surface area contributed by atoms with Crippen molar-refractivity contribution >= 4 is 11.8 Å². The van der Waals surface area contributed by atoms with Crippen LogP contribution in [-0.2, 0) is 0 Å². The molecule has 0 atom stereocenters. The first kappa shape index (κ1) is 8.26. The van der Waals surface area contributed by atoms with Crippen LogP contribution in [0.3, 0.4) is 0 Å². The summed E-state index contributed by atoms with van der Waals surface area (Å²) >= 11 is 1.64. The van der Waals surface area contributed by atoms with E-state index in [2.05, 4.69) is 9.97 Å². The van der Waals surface area contributed by atoms with Crippen molar-refractivity contribution in [2.24, 2.45) is 0 Å². The minimum absolute atomic E-state index is 1.01. The van der Waals surface area contributed by atoms with Gasteiger partial charge in [-0.2, -0.15) is 0 Å². The maximum absolute atomic E-state index is 4.22. The van der Waals surface area contributed by atoms with E-state index in [1.807, 2.05) is 30.3 Å². The highest BCUT2D eigenvalue weighted by Crippen LogP contribution is 2.23. The van der Waals surface area contributed by atoms with E-state index in [0.717, 1.165) is 9.92 Å². The van der Waals surface area contributed by atoms with Crippen molar-refractivity contribution in [2.75, 3.05) is 0 Å². The van der Waals surface area contributed by atoms with E-state index in [0.29, 0.717) is 0 Å². The molecular formula is C10H8N2S. The number of nitrogens with zero attached hydrogens (tertiary/aromatic N) is 2. The fourth-order valence-corrected chi connectivity index (χ4v) is 1.69. The van der Waals surface area contributed by atoms with Gasteiger partial charge in [0.15, 0.2) is 0 Å². The predicted octanol–water partition coefficient (Wildman–Crippen LogP) is 2.63. The van der Waals surface area contributed by atoms with Crippen LogP contribution >= 0.6 is 11.8 Å². The first-order valence-corrected chi connectivity index (χ1v) is 4.76. The molecule has 0 spiro atoms. The molecule has 0 saturated carbocycles. The Hall–Kier alpha value is -1.35. The van der Waals surface area contributed by atoms with Crippen molar-refractivity contribution in [1.82, 2.24) is 9.97 Å². The van der Waals surface area contributed by atoms with Crippen LogP contribution in [-0.4, -0.2) is 9.97 Å². The summed E-state index contributed by atoms with van der Waals surface area (Å²) in [5.41, 5.74) is 0. The Balaban J connectivity index is 2.16. The molecule has 2 heterocycles. The van der Waals surface area contributed by atoms with Gasteiger partial charge in [0.2, 0.25) is 0 Å². The summed E-state index contributed by atoms with van der Waals surface area (Å²) in [6, 6.07) is 9.83. The van der Waals surface area contributed by atoms with Crippen LogP contribution in [0, 0.1) is 0 Å². The Morgan fingerprint density at radius 2 is 1.77 bits per heavy atom. The average Bonchev–Trinajstić information content (AvgIpc) is 2.21. The highest BCUT2D eigenvalue weighted by molar-refractivity contribution is 7.99. The third-order valence-corrected chi connectivity index (χ3v) is 2.47. The van der Waals surface area contributed by atoms with Crippen LogP contribution in [0.25, 0.3) is 0 Å². The lowest BCUT2D eigenvalue weighted by molar-refractivity contribution is 1.13. The SMILES string of the molecule is c1ccc(Sc2ccncc2)nc1. The van der Waals surface area contributed by atoms with E-state index < -0.39 is 0 Å². The highest BCUT2D eigenvalue weighted by atomic mass is 32.2. The highest BCUT2D eigenvalue weighted by Gasteiger charge is 1.95. The second-order valence-corrected chi connectivity index (χ2v) is 3.55. The lowest BCUT2D eigenvalue weighted by Crippen LogP contribution is -1.77. The third-order valence-electron chi connectivity index (χ3n) is 1.51. The van der Waals surface area contributed by atoms with Gasteiger partial charge in [-0.3, -0.25) is 4.98 Å². The molecule has 0 aliphatic rings. The molecule has 0 unspecified atom stereocenters. The maximum atomic E-state index is 4.22. The van der Waals surface area contributed by atoms with Crippen molar-refractivity contribution < 1.29 is 0 Å². The second kappa shape index (κ2) is 4.05. The van der Waals surface area contributed by atoms with Gasteiger partial charge in [-0.25, -0.2) is 4.98 Å². The van der Waals surface area contributed by atoms with Gasteiger partial charge < -0.3 is 0 Å². The Morgan fingerprint density at radius 1 is 0.923 bits per heavy atom. The summed E-state index contributed by atoms with van der Waals surface area (Å²) < 4.78 is 0. The van der Waals surface area contributed by atoms with Gasteiger partial charge >= 0.3 is 0 Å². The van der Waals surface area contributed by atoms with E-state index in [9.17, 15) is 0 Å². The zero-order valence-electron chi connectivity index (χ0n) is 6.92. The summed E-state index contributed by atoms with van der Waals surface area (Å²) in [5.74, 6) is 0. The largest absolute Gasteiger partial charge is 0.265 e. The molecule has 0 aliphatic carbocycles. The molecule has 2 aromatic heterocycles. The molecule has 64 valence electrons. The minimum Gasteiger partial charge on any atom is -0.265 e. The van der Waals surface area contributed by atoms with Crippen molar-refractivity contribution in [2.45, 2.75) is 9.92 Å². The van der Waals surface area contributed by atoms with Crippen LogP contribution in [0.5, 0.6) is 0 Å². The topological polar surface area (TPSA) is 25.8 Å². The number of aromatic nitrogens is 2. The second-order valence-electron chi connectivity index (χ2n) is 2.45. The molecule has 0 aromatic carbocycles. The minimum atomic E-state index is 1.01. The molecule has 2 nitrogen and oxygen atoms in total. The van der Waals surface area contributed by atoms with Gasteiger partial charge in [-0.05, 0) is 24.3 Å². The van der Waals surface area contributed by atoms with Gasteiger partial charge in [0, 0.05) is 23.5 Å². The molecule has 0 aliphatic heterocycles. The number of hydrogen-bond donors (Lipinski definition) is 0. The standard InChI is InChI=1S/C10H8N2S/c1-2-6-12-10(3-1)13-9-4-7-11-8-5-9/h1-8H. The summed E-state index contributed by atoms with van der Waals surface area (Å²) in [6.45, 7) is 0. The first-order chi connectivity index (χ1) is 6.45. The molecule has 0 bridgehead atoms. The fraction of sp³-hybridized carbons (Fsp3) is 0. The normalized spacial score (nSPS) is 9.85. The zero-order valence-corrected chi connectivity index (χ0v) is 7.74. The van der Waals surface area contributed by atoms with Crippen LogP contribution in [0.4, 0.5) is 0 Å². The quantitative estimate of drug-likeness (QED) is 0.724. The molecule has 0 saturated heterocycles. The lowest BCUT2D eigenvalue weighted by Gasteiger charge is -1.98. The molecule has 13 heavy (non-hydrogen) atoms. The molecule has 0 amide bonds. The number of rotatable bonds is 2. The maximum Gasteiger partial charge on any atom is 0.101 e. The van der Waals surface area contributed by atoms with E-state index in [-0.39, 0.29) is 0 Å². The van der Waals surface area contributed by atoms with Crippen LogP contribution in [0.15, 0.2) is 58.8 Å². The van der Waals surface area contributed by atoms with Gasteiger partial charge in [0.05, 0.1) is 0 Å². The molecule has 0 fully saturated rings. The van der Waals surface area contributed by atoms with E-state index >= 15 is 0 Å². The first-order valence-electron chi connectivity index (χ1n) is 3.94. The Kier molecular flexibility index (Phi) is 2.57. The van der Waals surface area contributed by atoms with Gasteiger partial charge in [-0.1, -0.05) is 17.8 Å². The smallest absolute Gasteiger partial charge is 0.101 e. The summed E-state index contributed by atoms with van der Waals surface area (Å²) in [6.07, 6.45) is 5.36. The van der Waals surface area contributed by atoms with Gasteiger partial charge in [0.25, 0.3) is 0 Å². The van der Waals surface area contributed by atoms with Crippen LogP contribution in [0.2, 0.25) is 0 Å². The summed E-state index contributed by atoms with van der Waals surface area (Å²) in [5, 5.41) is 1.01. The van der Waals surface area contributed by atoms with E-state index in [4.69, 9.17) is 0 Å². The van der Waals surface area contributed by atoms with Gasteiger partial charge in [-0.15, -0.1) is 0 Å². The number of hydrogen-bond acceptors (Lipinski definition) is 3. The number of pyridine rings is 2. The van der Waals surface area contributed by atoms with Crippen molar-refractivity contribution in [3.8, 4) is 0 Å². The van der Waals surface area contributed by atoms with Crippen LogP contribution in [0.1, 0.15) is 0 Å². The molecule has 3 heteroatoms. The monoisotopic (exact) mass is 188 g/mol. The average molecular weight is 188 g/mol. The van der Waals surface area contributed by atoms with Gasteiger partial charge in [0.1, 0.15) is 5.03 Å². The molecule has 0 radical (unpaired) electrons. The molecular weight excluding hydrogens is 180 g/mol. The molecule has 0 N–H and O–H groups in total. The summed E-state index contributed by atoms with van der Waals surface area (Å²) in [4.78, 5) is 9.33. The van der Waals surface area contributed by atoms with Crippen molar-refractivity contribution in [1.29, 1.82) is 0 Å².